The topological polar surface area (TPSA) is 78.2 Å². The molecule has 2 saturated heterocycles. The Balaban J connectivity index is 1.32. The number of benzene rings is 1. The second kappa shape index (κ2) is 9.47. The van der Waals surface area contributed by atoms with Crippen molar-refractivity contribution in [1.29, 1.82) is 0 Å². The third-order valence-electron chi connectivity index (χ3n) is 8.29. The summed E-state index contributed by atoms with van der Waals surface area (Å²) in [6, 6.07) is 7.27. The largest absolute Gasteiger partial charge is 0.481 e. The number of halogens is 1. The van der Waals surface area contributed by atoms with E-state index in [9.17, 15) is 14.7 Å². The van der Waals surface area contributed by atoms with Gasteiger partial charge in [0, 0.05) is 49.3 Å². The Bertz CT molecular complexity index is 1360. The molecule has 7 nitrogen and oxygen atoms in total. The number of hydrogen-bond donors (Lipinski definition) is 1. The van der Waals surface area contributed by atoms with Crippen molar-refractivity contribution >= 4 is 23.2 Å². The number of amides is 1. The molecule has 2 atom stereocenters. The van der Waals surface area contributed by atoms with Gasteiger partial charge in [-0.2, -0.15) is 0 Å². The maximum atomic E-state index is 15.3. The number of aromatic nitrogens is 2. The van der Waals surface area contributed by atoms with Crippen LogP contribution in [0.5, 0.6) is 0 Å². The number of pyridine rings is 1. The summed E-state index contributed by atoms with van der Waals surface area (Å²) in [5.41, 5.74) is 4.14. The van der Waals surface area contributed by atoms with Crippen LogP contribution in [0.1, 0.15) is 73.7 Å². The van der Waals surface area contributed by atoms with Crippen molar-refractivity contribution in [3.63, 3.8) is 0 Å². The zero-order chi connectivity index (χ0) is 25.7. The molecule has 3 aliphatic rings. The van der Waals surface area contributed by atoms with Gasteiger partial charge in [0.2, 0.25) is 0 Å². The van der Waals surface area contributed by atoms with Gasteiger partial charge in [-0.1, -0.05) is 12.8 Å². The van der Waals surface area contributed by atoms with Gasteiger partial charge in [0.05, 0.1) is 17.2 Å². The number of fused-ring (bicyclic) bond motifs is 1. The first-order valence-electron chi connectivity index (χ1n) is 13.5. The fourth-order valence-corrected chi connectivity index (χ4v) is 5.91. The molecule has 2 unspecified atom stereocenters. The molecule has 2 aliphatic heterocycles. The summed E-state index contributed by atoms with van der Waals surface area (Å²) in [6.07, 6.45) is 10.8. The summed E-state index contributed by atoms with van der Waals surface area (Å²) < 4.78 is 17.2. The second-order valence-corrected chi connectivity index (χ2v) is 10.9. The third kappa shape index (κ3) is 4.58. The summed E-state index contributed by atoms with van der Waals surface area (Å²) in [4.78, 5) is 33.6. The maximum absolute atomic E-state index is 15.3. The second-order valence-electron chi connectivity index (χ2n) is 10.9. The number of carboxylic acid groups (broad SMARTS) is 1. The quantitative estimate of drug-likeness (QED) is 0.508. The van der Waals surface area contributed by atoms with E-state index >= 15 is 4.39 Å². The molecule has 2 aromatic heterocycles. The Morgan fingerprint density at radius 3 is 2.59 bits per heavy atom. The molecule has 8 heteroatoms. The average molecular weight is 505 g/mol. The highest BCUT2D eigenvalue weighted by Gasteiger charge is 2.31. The van der Waals surface area contributed by atoms with E-state index in [2.05, 4.69) is 6.92 Å². The molecule has 0 bridgehead atoms. The van der Waals surface area contributed by atoms with Crippen LogP contribution in [0.3, 0.4) is 0 Å². The molecule has 6 rings (SSSR count). The average Bonchev–Trinajstić information content (AvgIpc) is 3.50. The molecule has 194 valence electrons. The number of anilines is 1. The van der Waals surface area contributed by atoms with Crippen molar-refractivity contribution in [1.82, 2.24) is 14.3 Å². The van der Waals surface area contributed by atoms with Gasteiger partial charge in [0.15, 0.2) is 0 Å². The predicted molar refractivity (Wildman–Crippen MR) is 139 cm³/mol. The standard InChI is InChI=1S/C29H33FN4O3/c1-18-5-3-2-4-11-34(18)28(35)21-13-24(19-6-7-19)27-31-26(17-33(27)16-21)23-9-8-22(14-25(23)30)32-12-10-20(15-32)29(36)37/h8-9,13-14,16-20H,2-7,10-12,15H2,1H3,(H,36,37). The zero-order valence-corrected chi connectivity index (χ0v) is 21.2. The normalized spacial score (nSPS) is 22.4. The highest BCUT2D eigenvalue weighted by Crippen LogP contribution is 2.43. The van der Waals surface area contributed by atoms with Crippen LogP contribution in [-0.2, 0) is 4.79 Å². The Kier molecular flexibility index (Phi) is 6.13. The SMILES string of the molecule is CC1CCCCCN1C(=O)c1cc(C2CC2)c2nc(-c3ccc(N4CCC(C(=O)O)C4)cc3F)cn2c1. The molecule has 1 N–H and O–H groups in total. The lowest BCUT2D eigenvalue weighted by Gasteiger charge is -2.27. The molecule has 1 aromatic carbocycles. The number of carboxylic acids is 1. The van der Waals surface area contributed by atoms with Crippen molar-refractivity contribution in [3.8, 4) is 11.3 Å². The first-order valence-corrected chi connectivity index (χ1v) is 13.5. The molecule has 0 radical (unpaired) electrons. The molecule has 0 spiro atoms. The number of carbonyl (C=O) groups is 2. The monoisotopic (exact) mass is 504 g/mol. The van der Waals surface area contributed by atoms with E-state index in [1.165, 1.54) is 6.07 Å². The molecule has 37 heavy (non-hydrogen) atoms. The Hall–Kier alpha value is -3.42. The van der Waals surface area contributed by atoms with Crippen molar-refractivity contribution in [3.05, 3.63) is 53.6 Å². The lowest BCUT2D eigenvalue weighted by molar-refractivity contribution is -0.140. The van der Waals surface area contributed by atoms with Crippen LogP contribution in [0.4, 0.5) is 10.1 Å². The van der Waals surface area contributed by atoms with Crippen molar-refractivity contribution in [2.24, 2.45) is 5.92 Å². The van der Waals surface area contributed by atoms with Gasteiger partial charge >= 0.3 is 5.97 Å². The minimum Gasteiger partial charge on any atom is -0.481 e. The van der Waals surface area contributed by atoms with E-state index in [0.29, 0.717) is 47.9 Å². The Morgan fingerprint density at radius 2 is 1.86 bits per heavy atom. The van der Waals surface area contributed by atoms with Crippen LogP contribution in [0.25, 0.3) is 16.9 Å². The molecule has 4 heterocycles. The third-order valence-corrected chi connectivity index (χ3v) is 8.29. The number of nitrogens with zero attached hydrogens (tertiary/aromatic N) is 4. The number of likely N-dealkylation sites (tertiary alicyclic amines) is 1. The van der Waals surface area contributed by atoms with Crippen LogP contribution < -0.4 is 4.90 Å². The zero-order valence-electron chi connectivity index (χ0n) is 21.2. The Labute approximate surface area is 215 Å². The van der Waals surface area contributed by atoms with Crippen LogP contribution in [0.2, 0.25) is 0 Å². The highest BCUT2D eigenvalue weighted by molar-refractivity contribution is 5.95. The van der Waals surface area contributed by atoms with Crippen molar-refractivity contribution < 1.29 is 19.1 Å². The minimum atomic E-state index is -0.807. The van der Waals surface area contributed by atoms with Gasteiger partial charge in [0.1, 0.15) is 11.5 Å². The summed E-state index contributed by atoms with van der Waals surface area (Å²) in [5, 5.41) is 9.28. The fraction of sp³-hybridized carbons (Fsp3) is 0.483. The van der Waals surface area contributed by atoms with Gasteiger partial charge in [-0.3, -0.25) is 9.59 Å². The van der Waals surface area contributed by atoms with E-state index in [0.717, 1.165) is 56.3 Å². The molecule has 1 saturated carbocycles. The lowest BCUT2D eigenvalue weighted by Crippen LogP contribution is -2.38. The first kappa shape index (κ1) is 23.9. The number of rotatable bonds is 5. The molecule has 1 aliphatic carbocycles. The maximum Gasteiger partial charge on any atom is 0.308 e. The van der Waals surface area contributed by atoms with Crippen LogP contribution in [-0.4, -0.2) is 56.9 Å². The van der Waals surface area contributed by atoms with Gasteiger partial charge in [-0.25, -0.2) is 9.37 Å². The van der Waals surface area contributed by atoms with E-state index in [-0.39, 0.29) is 17.8 Å². The molecular formula is C29H33FN4O3. The van der Waals surface area contributed by atoms with E-state index in [4.69, 9.17) is 4.98 Å². The van der Waals surface area contributed by atoms with Crippen molar-refractivity contribution in [2.75, 3.05) is 24.5 Å². The molecular weight excluding hydrogens is 471 g/mol. The molecule has 3 fully saturated rings. The lowest BCUT2D eigenvalue weighted by atomic mass is 10.1. The summed E-state index contributed by atoms with van der Waals surface area (Å²) in [7, 11) is 0. The smallest absolute Gasteiger partial charge is 0.308 e. The highest BCUT2D eigenvalue weighted by atomic mass is 19.1. The minimum absolute atomic E-state index is 0.0641. The van der Waals surface area contributed by atoms with E-state index in [1.807, 2.05) is 38.7 Å². The van der Waals surface area contributed by atoms with Crippen LogP contribution in [0, 0.1) is 11.7 Å². The van der Waals surface area contributed by atoms with Gasteiger partial charge in [-0.15, -0.1) is 0 Å². The number of imidazole rings is 1. The predicted octanol–water partition coefficient (Wildman–Crippen LogP) is 5.33. The number of carbonyl (C=O) groups excluding carboxylic acids is 1. The summed E-state index contributed by atoms with van der Waals surface area (Å²) in [5.74, 6) is -1.16. The molecule has 3 aromatic rings. The fourth-order valence-electron chi connectivity index (χ4n) is 5.91. The van der Waals surface area contributed by atoms with Crippen LogP contribution >= 0.6 is 0 Å². The van der Waals surface area contributed by atoms with Crippen molar-refractivity contribution in [2.45, 2.75) is 63.8 Å². The van der Waals surface area contributed by atoms with E-state index in [1.54, 1.807) is 6.07 Å². The summed E-state index contributed by atoms with van der Waals surface area (Å²) >= 11 is 0. The summed E-state index contributed by atoms with van der Waals surface area (Å²) in [6.45, 7) is 3.91. The van der Waals surface area contributed by atoms with Gasteiger partial charge < -0.3 is 19.3 Å². The molecule has 1 amide bonds. The van der Waals surface area contributed by atoms with Gasteiger partial charge in [-0.05, 0) is 74.8 Å². The number of aliphatic carboxylic acids is 1. The first-order chi connectivity index (χ1) is 17.9. The Morgan fingerprint density at radius 1 is 1.03 bits per heavy atom. The van der Waals surface area contributed by atoms with Crippen LogP contribution in [0.15, 0.2) is 36.7 Å². The van der Waals surface area contributed by atoms with Gasteiger partial charge in [0.25, 0.3) is 5.91 Å². The number of hydrogen-bond acceptors (Lipinski definition) is 4. The van der Waals surface area contributed by atoms with E-state index < -0.39 is 11.9 Å².